The molecule has 0 saturated heterocycles. The van der Waals surface area contributed by atoms with Crippen molar-refractivity contribution in [3.8, 4) is 0 Å². The maximum Gasteiger partial charge on any atom is 0.0961 e. The van der Waals surface area contributed by atoms with E-state index in [9.17, 15) is 0 Å². The Morgan fingerprint density at radius 3 is 2.94 bits per heavy atom. The van der Waals surface area contributed by atoms with E-state index in [0.29, 0.717) is 0 Å². The molecular weight excluding hydrogens is 328 g/mol. The molecule has 0 unspecified atom stereocenters. The largest absolute Gasteiger partial charge is 0.316 e. The van der Waals surface area contributed by atoms with Gasteiger partial charge in [-0.25, -0.2) is 4.98 Å². The molecule has 2 heterocycles. The summed E-state index contributed by atoms with van der Waals surface area (Å²) in [5.41, 5.74) is 0. The van der Waals surface area contributed by atoms with Gasteiger partial charge in [-0.1, -0.05) is 6.07 Å². The normalized spacial score (nSPS) is 10.7. The maximum atomic E-state index is 4.33. The molecule has 0 aliphatic carbocycles. The Balaban J connectivity index is 1.55. The van der Waals surface area contributed by atoms with Crippen LogP contribution in [0.1, 0.15) is 4.88 Å². The van der Waals surface area contributed by atoms with Crippen LogP contribution >= 0.6 is 39.0 Å². The van der Waals surface area contributed by atoms with Crippen LogP contribution in [0.15, 0.2) is 45.3 Å². The zero-order valence-electron chi connectivity index (χ0n) is 9.93. The lowest BCUT2D eigenvalue weighted by atomic mass is 10.3. The Labute approximate surface area is 124 Å². The molecule has 0 saturated carbocycles. The van der Waals surface area contributed by atoms with E-state index in [1.54, 1.807) is 11.8 Å². The van der Waals surface area contributed by atoms with E-state index in [1.165, 1.54) is 4.88 Å². The first-order valence-electron chi connectivity index (χ1n) is 5.82. The third-order valence-corrected chi connectivity index (χ3v) is 4.71. The number of rotatable bonds is 7. The minimum absolute atomic E-state index is 1.02. The van der Waals surface area contributed by atoms with Crippen molar-refractivity contribution >= 4 is 39.0 Å². The van der Waals surface area contributed by atoms with Crippen molar-refractivity contribution in [2.24, 2.45) is 0 Å². The van der Waals surface area contributed by atoms with Gasteiger partial charge in [-0.3, -0.25) is 0 Å². The molecule has 0 bridgehead atoms. The van der Waals surface area contributed by atoms with E-state index in [2.05, 4.69) is 43.7 Å². The van der Waals surface area contributed by atoms with Gasteiger partial charge >= 0.3 is 0 Å². The standard InChI is InChI=1S/C13H15BrN2S2/c14-11-3-4-13(16-10-11)18-9-7-15-6-5-12-2-1-8-17-12/h1-4,8,10,15H,5-7,9H2. The van der Waals surface area contributed by atoms with Crippen molar-refractivity contribution in [2.45, 2.75) is 11.4 Å². The highest BCUT2D eigenvalue weighted by Crippen LogP contribution is 2.16. The molecule has 96 valence electrons. The molecule has 2 nitrogen and oxygen atoms in total. The molecular formula is C13H15BrN2S2. The molecule has 2 rings (SSSR count). The number of nitrogens with zero attached hydrogens (tertiary/aromatic N) is 1. The molecule has 0 aromatic carbocycles. The fourth-order valence-electron chi connectivity index (χ4n) is 1.47. The predicted molar refractivity (Wildman–Crippen MR) is 83.6 cm³/mol. The molecule has 5 heteroatoms. The summed E-state index contributed by atoms with van der Waals surface area (Å²) in [6.07, 6.45) is 2.96. The van der Waals surface area contributed by atoms with Crippen LogP contribution in [0.4, 0.5) is 0 Å². The Kier molecular flexibility index (Phi) is 6.20. The Hall–Kier alpha value is -0.360. The quantitative estimate of drug-likeness (QED) is 0.611. The highest BCUT2D eigenvalue weighted by Gasteiger charge is 1.96. The van der Waals surface area contributed by atoms with Gasteiger partial charge in [0, 0.05) is 27.8 Å². The molecule has 18 heavy (non-hydrogen) atoms. The van der Waals surface area contributed by atoms with Crippen LogP contribution in [0.5, 0.6) is 0 Å². The first kappa shape index (κ1) is 14.1. The molecule has 0 radical (unpaired) electrons. The van der Waals surface area contributed by atoms with Gasteiger partial charge in [0.15, 0.2) is 0 Å². The molecule has 0 aliphatic heterocycles. The minimum Gasteiger partial charge on any atom is -0.316 e. The first-order valence-corrected chi connectivity index (χ1v) is 8.48. The van der Waals surface area contributed by atoms with Crippen LogP contribution in [0, 0.1) is 0 Å². The monoisotopic (exact) mass is 342 g/mol. The topological polar surface area (TPSA) is 24.9 Å². The van der Waals surface area contributed by atoms with Crippen LogP contribution in [-0.4, -0.2) is 23.8 Å². The summed E-state index contributed by atoms with van der Waals surface area (Å²) >= 11 is 6.99. The van der Waals surface area contributed by atoms with Crippen LogP contribution in [-0.2, 0) is 6.42 Å². The molecule has 0 atom stereocenters. The van der Waals surface area contributed by atoms with Gasteiger partial charge in [0.1, 0.15) is 0 Å². The molecule has 0 aliphatic rings. The van der Waals surface area contributed by atoms with Gasteiger partial charge < -0.3 is 5.32 Å². The number of nitrogens with one attached hydrogen (secondary N) is 1. The minimum atomic E-state index is 1.02. The van der Waals surface area contributed by atoms with Crippen LogP contribution in [0.3, 0.4) is 0 Å². The number of pyridine rings is 1. The fourth-order valence-corrected chi connectivity index (χ4v) is 3.16. The summed E-state index contributed by atoms with van der Waals surface area (Å²) in [5.74, 6) is 1.05. The van der Waals surface area contributed by atoms with Crippen molar-refractivity contribution < 1.29 is 0 Å². The molecule has 0 fully saturated rings. The van der Waals surface area contributed by atoms with E-state index in [0.717, 1.165) is 34.8 Å². The van der Waals surface area contributed by atoms with E-state index < -0.39 is 0 Å². The van der Waals surface area contributed by atoms with Crippen molar-refractivity contribution in [1.82, 2.24) is 10.3 Å². The third-order valence-electron chi connectivity index (χ3n) is 2.36. The number of hydrogen-bond donors (Lipinski definition) is 1. The average molecular weight is 343 g/mol. The second-order valence-corrected chi connectivity index (χ2v) is 6.81. The van der Waals surface area contributed by atoms with E-state index in [1.807, 2.05) is 29.7 Å². The Morgan fingerprint density at radius 2 is 2.22 bits per heavy atom. The summed E-state index contributed by atoms with van der Waals surface area (Å²) in [6.45, 7) is 2.07. The molecule has 2 aromatic rings. The van der Waals surface area contributed by atoms with Gasteiger partial charge in [0.25, 0.3) is 0 Å². The Morgan fingerprint density at radius 1 is 1.28 bits per heavy atom. The number of thioether (sulfide) groups is 1. The highest BCUT2D eigenvalue weighted by molar-refractivity contribution is 9.10. The van der Waals surface area contributed by atoms with E-state index in [-0.39, 0.29) is 0 Å². The van der Waals surface area contributed by atoms with Crippen molar-refractivity contribution in [2.75, 3.05) is 18.8 Å². The first-order chi connectivity index (χ1) is 8.84. The second-order valence-electron chi connectivity index (χ2n) is 3.74. The van der Waals surface area contributed by atoms with Gasteiger partial charge in [0.05, 0.1) is 5.03 Å². The highest BCUT2D eigenvalue weighted by atomic mass is 79.9. The van der Waals surface area contributed by atoms with Crippen LogP contribution in [0.2, 0.25) is 0 Å². The van der Waals surface area contributed by atoms with Crippen LogP contribution < -0.4 is 5.32 Å². The number of halogens is 1. The zero-order chi connectivity index (χ0) is 12.6. The maximum absolute atomic E-state index is 4.33. The lowest BCUT2D eigenvalue weighted by Crippen LogP contribution is -2.19. The predicted octanol–water partition coefficient (Wildman–Crippen LogP) is 3.83. The Bertz CT molecular complexity index is 443. The average Bonchev–Trinajstić information content (AvgIpc) is 2.89. The summed E-state index contributed by atoms with van der Waals surface area (Å²) in [7, 11) is 0. The number of aromatic nitrogens is 1. The smallest absolute Gasteiger partial charge is 0.0961 e. The lowest BCUT2D eigenvalue weighted by molar-refractivity contribution is 0.725. The SMILES string of the molecule is Brc1ccc(SCCNCCc2cccs2)nc1. The molecule has 0 amide bonds. The lowest BCUT2D eigenvalue weighted by Gasteiger charge is -2.03. The van der Waals surface area contributed by atoms with Gasteiger partial charge in [0.2, 0.25) is 0 Å². The van der Waals surface area contributed by atoms with Crippen LogP contribution in [0.25, 0.3) is 0 Å². The fraction of sp³-hybridized carbons (Fsp3) is 0.308. The number of hydrogen-bond acceptors (Lipinski definition) is 4. The van der Waals surface area contributed by atoms with E-state index in [4.69, 9.17) is 0 Å². The summed E-state index contributed by atoms with van der Waals surface area (Å²) < 4.78 is 1.03. The van der Waals surface area contributed by atoms with Crippen molar-refractivity contribution in [3.05, 3.63) is 45.2 Å². The summed E-state index contributed by atoms with van der Waals surface area (Å²) in [4.78, 5) is 5.78. The van der Waals surface area contributed by atoms with E-state index >= 15 is 0 Å². The number of thiophene rings is 1. The van der Waals surface area contributed by atoms with Crippen molar-refractivity contribution in [1.29, 1.82) is 0 Å². The second kappa shape index (κ2) is 7.94. The van der Waals surface area contributed by atoms with Gasteiger partial charge in [-0.05, 0) is 52.5 Å². The molecule has 1 N–H and O–H groups in total. The van der Waals surface area contributed by atoms with Gasteiger partial charge in [-0.15, -0.1) is 23.1 Å². The molecule has 0 spiro atoms. The third kappa shape index (κ3) is 5.10. The molecule has 2 aromatic heterocycles. The van der Waals surface area contributed by atoms with Gasteiger partial charge in [-0.2, -0.15) is 0 Å². The van der Waals surface area contributed by atoms with Crippen molar-refractivity contribution in [3.63, 3.8) is 0 Å². The zero-order valence-corrected chi connectivity index (χ0v) is 13.2. The summed E-state index contributed by atoms with van der Waals surface area (Å²) in [6, 6.07) is 8.36. The summed E-state index contributed by atoms with van der Waals surface area (Å²) in [5, 5.41) is 6.67.